The molecule has 0 radical (unpaired) electrons. The minimum Gasteiger partial charge on any atom is -0.352 e. The molecule has 2 amide bonds. The predicted octanol–water partition coefficient (Wildman–Crippen LogP) is 2.26. The summed E-state index contributed by atoms with van der Waals surface area (Å²) in [7, 11) is 0. The van der Waals surface area contributed by atoms with E-state index in [1.54, 1.807) is 4.90 Å². The highest BCUT2D eigenvalue weighted by atomic mass is 35.5. The van der Waals surface area contributed by atoms with Gasteiger partial charge >= 0.3 is 0 Å². The molecule has 24 heavy (non-hydrogen) atoms. The summed E-state index contributed by atoms with van der Waals surface area (Å²) in [5, 5.41) is 4.75. The third kappa shape index (κ3) is 3.95. The van der Waals surface area contributed by atoms with Gasteiger partial charge in [-0.3, -0.25) is 9.59 Å². The Labute approximate surface area is 151 Å². The topological polar surface area (TPSA) is 75.4 Å². The molecule has 2 heterocycles. The SMILES string of the molecule is Cl.NC(CC(=O)N1CCNC(=O)C1c1cccs1)c1ccccc1. The number of thiophene rings is 1. The lowest BCUT2D eigenvalue weighted by molar-refractivity contribution is -0.143. The van der Waals surface area contributed by atoms with E-state index >= 15 is 0 Å². The molecule has 1 aromatic heterocycles. The van der Waals surface area contributed by atoms with Gasteiger partial charge in [0.1, 0.15) is 6.04 Å². The average molecular weight is 366 g/mol. The fraction of sp³-hybridized carbons (Fsp3) is 0.294. The van der Waals surface area contributed by atoms with Crippen LogP contribution >= 0.6 is 23.7 Å². The summed E-state index contributed by atoms with van der Waals surface area (Å²) in [5.74, 6) is -0.213. The molecule has 7 heteroatoms. The van der Waals surface area contributed by atoms with Crippen molar-refractivity contribution in [2.45, 2.75) is 18.5 Å². The summed E-state index contributed by atoms with van der Waals surface area (Å²) in [4.78, 5) is 27.5. The lowest BCUT2D eigenvalue weighted by atomic mass is 10.0. The van der Waals surface area contributed by atoms with Crippen LogP contribution in [0.2, 0.25) is 0 Å². The summed E-state index contributed by atoms with van der Waals surface area (Å²) in [6.45, 7) is 0.988. The first-order chi connectivity index (χ1) is 11.2. The summed E-state index contributed by atoms with van der Waals surface area (Å²) in [6, 6.07) is 12.4. The van der Waals surface area contributed by atoms with Gasteiger partial charge in [-0.05, 0) is 17.0 Å². The Bertz CT molecular complexity index is 678. The number of amides is 2. The van der Waals surface area contributed by atoms with Gasteiger partial charge in [0.2, 0.25) is 11.8 Å². The second-order valence-corrected chi connectivity index (χ2v) is 6.50. The minimum atomic E-state index is -0.542. The monoisotopic (exact) mass is 365 g/mol. The number of carbonyl (C=O) groups excluding carboxylic acids is 2. The Morgan fingerprint density at radius 3 is 2.71 bits per heavy atom. The number of nitrogens with two attached hydrogens (primary N) is 1. The van der Waals surface area contributed by atoms with E-state index in [-0.39, 0.29) is 36.7 Å². The predicted molar refractivity (Wildman–Crippen MR) is 97.0 cm³/mol. The number of rotatable bonds is 4. The molecular weight excluding hydrogens is 346 g/mol. The van der Waals surface area contributed by atoms with E-state index in [0.29, 0.717) is 13.1 Å². The van der Waals surface area contributed by atoms with E-state index in [4.69, 9.17) is 5.73 Å². The van der Waals surface area contributed by atoms with Gasteiger partial charge in [0.25, 0.3) is 0 Å². The van der Waals surface area contributed by atoms with Crippen LogP contribution in [-0.4, -0.2) is 29.8 Å². The summed E-state index contributed by atoms with van der Waals surface area (Å²) in [6.07, 6.45) is 0.194. The van der Waals surface area contributed by atoms with Crippen molar-refractivity contribution < 1.29 is 9.59 Å². The number of nitrogens with one attached hydrogen (secondary N) is 1. The van der Waals surface area contributed by atoms with E-state index in [1.807, 2.05) is 47.8 Å². The van der Waals surface area contributed by atoms with E-state index in [0.717, 1.165) is 10.4 Å². The molecule has 128 valence electrons. The van der Waals surface area contributed by atoms with Gasteiger partial charge in [0, 0.05) is 30.4 Å². The lowest BCUT2D eigenvalue weighted by Gasteiger charge is -2.35. The molecule has 3 N–H and O–H groups in total. The number of nitrogens with zero attached hydrogens (tertiary/aromatic N) is 1. The highest BCUT2D eigenvalue weighted by Crippen LogP contribution is 2.28. The maximum atomic E-state index is 12.7. The zero-order valence-corrected chi connectivity index (χ0v) is 14.7. The van der Waals surface area contributed by atoms with Gasteiger partial charge in [-0.2, -0.15) is 0 Å². The Hall–Kier alpha value is -1.89. The molecule has 1 saturated heterocycles. The minimum absolute atomic E-state index is 0. The maximum absolute atomic E-state index is 12.7. The fourth-order valence-corrected chi connectivity index (χ4v) is 3.62. The first kappa shape index (κ1) is 18.4. The van der Waals surface area contributed by atoms with Gasteiger partial charge in [0.05, 0.1) is 0 Å². The number of benzene rings is 1. The van der Waals surface area contributed by atoms with Crippen LogP contribution in [0.15, 0.2) is 47.8 Å². The Morgan fingerprint density at radius 1 is 1.29 bits per heavy atom. The second kappa shape index (κ2) is 8.28. The van der Waals surface area contributed by atoms with Crippen molar-refractivity contribution in [1.82, 2.24) is 10.2 Å². The quantitative estimate of drug-likeness (QED) is 0.872. The van der Waals surface area contributed by atoms with Gasteiger partial charge < -0.3 is 16.0 Å². The molecule has 0 saturated carbocycles. The van der Waals surface area contributed by atoms with E-state index in [2.05, 4.69) is 5.32 Å². The third-order valence-electron chi connectivity index (χ3n) is 3.97. The second-order valence-electron chi connectivity index (χ2n) is 5.52. The van der Waals surface area contributed by atoms with Crippen molar-refractivity contribution in [3.8, 4) is 0 Å². The van der Waals surface area contributed by atoms with Crippen LogP contribution in [-0.2, 0) is 9.59 Å². The number of carbonyl (C=O) groups is 2. The van der Waals surface area contributed by atoms with E-state index < -0.39 is 6.04 Å². The highest BCUT2D eigenvalue weighted by Gasteiger charge is 2.35. The summed E-state index contributed by atoms with van der Waals surface area (Å²) in [5.41, 5.74) is 7.08. The van der Waals surface area contributed by atoms with Crippen molar-refractivity contribution in [2.75, 3.05) is 13.1 Å². The molecule has 1 aliphatic rings. The van der Waals surface area contributed by atoms with Crippen molar-refractivity contribution in [2.24, 2.45) is 5.73 Å². The largest absolute Gasteiger partial charge is 0.352 e. The van der Waals surface area contributed by atoms with Crippen LogP contribution in [0, 0.1) is 0 Å². The third-order valence-corrected chi connectivity index (χ3v) is 4.89. The van der Waals surface area contributed by atoms with Gasteiger partial charge in [-0.25, -0.2) is 0 Å². The van der Waals surface area contributed by atoms with Crippen LogP contribution in [0.1, 0.15) is 28.9 Å². The molecule has 2 unspecified atom stereocenters. The van der Waals surface area contributed by atoms with Gasteiger partial charge in [-0.15, -0.1) is 23.7 Å². The molecule has 0 spiro atoms. The Balaban J connectivity index is 0.00000208. The molecule has 5 nitrogen and oxygen atoms in total. The molecule has 1 aromatic carbocycles. The molecule has 1 aliphatic heterocycles. The van der Waals surface area contributed by atoms with Gasteiger partial charge in [0.15, 0.2) is 0 Å². The van der Waals surface area contributed by atoms with E-state index in [9.17, 15) is 9.59 Å². The van der Waals surface area contributed by atoms with Crippen molar-refractivity contribution >= 4 is 35.6 Å². The summed E-state index contributed by atoms with van der Waals surface area (Å²) < 4.78 is 0. The normalized spacial score (nSPS) is 18.5. The molecule has 2 atom stereocenters. The first-order valence-electron chi connectivity index (χ1n) is 7.58. The molecule has 1 fully saturated rings. The maximum Gasteiger partial charge on any atom is 0.248 e. The van der Waals surface area contributed by atoms with Crippen LogP contribution in [0.5, 0.6) is 0 Å². The van der Waals surface area contributed by atoms with Gasteiger partial charge in [-0.1, -0.05) is 36.4 Å². The standard InChI is InChI=1S/C17H19N3O2S.ClH/c18-13(12-5-2-1-3-6-12)11-15(21)20-9-8-19-17(22)16(20)14-7-4-10-23-14;/h1-7,10,13,16H,8-9,11,18H2,(H,19,22);1H. The first-order valence-corrected chi connectivity index (χ1v) is 8.46. The van der Waals surface area contributed by atoms with Crippen LogP contribution in [0.4, 0.5) is 0 Å². The number of piperazine rings is 1. The molecular formula is C17H20ClN3O2S. The smallest absolute Gasteiger partial charge is 0.248 e. The number of hydrogen-bond acceptors (Lipinski definition) is 4. The zero-order chi connectivity index (χ0) is 16.2. The Kier molecular flexibility index (Phi) is 6.36. The lowest BCUT2D eigenvalue weighted by Crippen LogP contribution is -2.52. The van der Waals surface area contributed by atoms with Crippen LogP contribution < -0.4 is 11.1 Å². The fourth-order valence-electron chi connectivity index (χ4n) is 2.79. The zero-order valence-electron chi connectivity index (χ0n) is 13.1. The number of halogens is 1. The highest BCUT2D eigenvalue weighted by molar-refractivity contribution is 7.10. The van der Waals surface area contributed by atoms with Crippen molar-refractivity contribution in [1.29, 1.82) is 0 Å². The molecule has 0 bridgehead atoms. The Morgan fingerprint density at radius 2 is 2.04 bits per heavy atom. The van der Waals surface area contributed by atoms with Crippen molar-refractivity contribution in [3.05, 3.63) is 58.3 Å². The van der Waals surface area contributed by atoms with Crippen molar-refractivity contribution in [3.63, 3.8) is 0 Å². The molecule has 0 aliphatic carbocycles. The number of hydrogen-bond donors (Lipinski definition) is 2. The summed E-state index contributed by atoms with van der Waals surface area (Å²) >= 11 is 1.48. The van der Waals surface area contributed by atoms with E-state index in [1.165, 1.54) is 11.3 Å². The van der Waals surface area contributed by atoms with Crippen LogP contribution in [0.3, 0.4) is 0 Å². The molecule has 3 rings (SSSR count). The van der Waals surface area contributed by atoms with Crippen LogP contribution in [0.25, 0.3) is 0 Å². The average Bonchev–Trinajstić information content (AvgIpc) is 3.09. The molecule has 2 aromatic rings.